The molecule has 1 fully saturated rings. The molecule has 2 aromatic rings. The molecule has 0 spiro atoms. The largest absolute Gasteiger partial charge is 0.464 e. The number of carbonyl (C=O) groups excluding carboxylic acids is 1. The summed E-state index contributed by atoms with van der Waals surface area (Å²) in [4.78, 5) is 13.9. The Morgan fingerprint density at radius 3 is 2.91 bits per heavy atom. The van der Waals surface area contributed by atoms with Gasteiger partial charge >= 0.3 is 0 Å². The van der Waals surface area contributed by atoms with Gasteiger partial charge in [-0.2, -0.15) is 0 Å². The Morgan fingerprint density at radius 1 is 1.39 bits per heavy atom. The highest BCUT2D eigenvalue weighted by molar-refractivity contribution is 7.91. The summed E-state index contributed by atoms with van der Waals surface area (Å²) in [6, 6.07) is 7.52. The summed E-state index contributed by atoms with van der Waals surface area (Å²) in [5.74, 6) is 0.0614. The number of furan rings is 1. The number of para-hydroxylation sites is 1. The molecule has 0 saturated carbocycles. The zero-order chi connectivity index (χ0) is 16.4. The smallest absolute Gasteiger partial charge is 0.234 e. The maximum atomic E-state index is 12.0. The zero-order valence-electron chi connectivity index (χ0n) is 13.0. The molecule has 1 N–H and O–H groups in total. The Bertz CT molecular complexity index is 812. The molecule has 1 aliphatic rings. The van der Waals surface area contributed by atoms with Gasteiger partial charge in [0.1, 0.15) is 5.58 Å². The van der Waals surface area contributed by atoms with Gasteiger partial charge in [0.05, 0.1) is 24.3 Å². The van der Waals surface area contributed by atoms with Crippen LogP contribution >= 0.6 is 0 Å². The molecular formula is C16H20N2O4S. The van der Waals surface area contributed by atoms with Crippen molar-refractivity contribution < 1.29 is 17.6 Å². The third-order valence-electron chi connectivity index (χ3n) is 4.01. The molecule has 1 aliphatic heterocycles. The van der Waals surface area contributed by atoms with Crippen LogP contribution in [0.15, 0.2) is 34.9 Å². The van der Waals surface area contributed by atoms with Crippen molar-refractivity contribution in [2.24, 2.45) is 0 Å². The number of nitrogens with zero attached hydrogens (tertiary/aromatic N) is 1. The summed E-state index contributed by atoms with van der Waals surface area (Å²) in [5, 5.41) is 3.84. The summed E-state index contributed by atoms with van der Waals surface area (Å²) in [5.41, 5.74) is 1.86. The number of sulfone groups is 1. The van der Waals surface area contributed by atoms with Crippen molar-refractivity contribution >= 4 is 26.7 Å². The molecule has 1 saturated heterocycles. The first-order valence-electron chi connectivity index (χ1n) is 7.56. The minimum Gasteiger partial charge on any atom is -0.464 e. The van der Waals surface area contributed by atoms with Crippen LogP contribution in [-0.2, 0) is 21.2 Å². The van der Waals surface area contributed by atoms with Gasteiger partial charge in [-0.3, -0.25) is 9.69 Å². The summed E-state index contributed by atoms with van der Waals surface area (Å²) in [6.07, 6.45) is 2.22. The Hall–Kier alpha value is -1.86. The third kappa shape index (κ3) is 3.92. The van der Waals surface area contributed by atoms with Gasteiger partial charge in [0.2, 0.25) is 5.91 Å². The van der Waals surface area contributed by atoms with Crippen LogP contribution in [0.2, 0.25) is 0 Å². The fourth-order valence-electron chi connectivity index (χ4n) is 2.93. The van der Waals surface area contributed by atoms with Crippen LogP contribution < -0.4 is 5.32 Å². The van der Waals surface area contributed by atoms with Gasteiger partial charge in [0.25, 0.3) is 0 Å². The van der Waals surface area contributed by atoms with Gasteiger partial charge in [-0.25, -0.2) is 8.42 Å². The van der Waals surface area contributed by atoms with E-state index in [-0.39, 0.29) is 30.0 Å². The van der Waals surface area contributed by atoms with Crippen molar-refractivity contribution in [1.29, 1.82) is 0 Å². The number of amides is 1. The van der Waals surface area contributed by atoms with E-state index < -0.39 is 9.84 Å². The van der Waals surface area contributed by atoms with Crippen LogP contribution in [0.25, 0.3) is 11.0 Å². The minimum absolute atomic E-state index is 0.0504. The van der Waals surface area contributed by atoms with E-state index in [4.69, 9.17) is 4.42 Å². The maximum Gasteiger partial charge on any atom is 0.234 e. The van der Waals surface area contributed by atoms with Gasteiger partial charge in [0.15, 0.2) is 9.84 Å². The molecule has 124 valence electrons. The minimum atomic E-state index is -2.98. The number of fused-ring (bicyclic) bond motifs is 1. The number of likely N-dealkylation sites (N-methyl/N-ethyl adjacent to an activating group) is 1. The Kier molecular flexibility index (Phi) is 4.41. The van der Waals surface area contributed by atoms with E-state index >= 15 is 0 Å². The van der Waals surface area contributed by atoms with Crippen LogP contribution in [0.3, 0.4) is 0 Å². The fraction of sp³-hybridized carbons (Fsp3) is 0.438. The molecule has 3 rings (SSSR count). The van der Waals surface area contributed by atoms with Crippen molar-refractivity contribution in [2.75, 3.05) is 25.1 Å². The van der Waals surface area contributed by atoms with Crippen LogP contribution in [0.4, 0.5) is 0 Å². The summed E-state index contributed by atoms with van der Waals surface area (Å²) in [6.45, 7) is 0.809. The quantitative estimate of drug-likeness (QED) is 0.886. The average molecular weight is 336 g/mol. The van der Waals surface area contributed by atoms with E-state index in [1.165, 1.54) is 0 Å². The molecule has 23 heavy (non-hydrogen) atoms. The Morgan fingerprint density at radius 2 is 2.17 bits per heavy atom. The molecule has 1 aromatic heterocycles. The van der Waals surface area contributed by atoms with Crippen molar-refractivity contribution in [3.8, 4) is 0 Å². The first kappa shape index (κ1) is 16.0. The molecule has 1 atom stereocenters. The monoisotopic (exact) mass is 336 g/mol. The van der Waals surface area contributed by atoms with Crippen molar-refractivity contribution in [3.63, 3.8) is 0 Å². The van der Waals surface area contributed by atoms with E-state index in [2.05, 4.69) is 5.32 Å². The predicted octanol–water partition coefficient (Wildman–Crippen LogP) is 1.17. The van der Waals surface area contributed by atoms with Crippen molar-refractivity contribution in [3.05, 3.63) is 36.1 Å². The highest BCUT2D eigenvalue weighted by atomic mass is 32.2. The molecule has 1 unspecified atom stereocenters. The van der Waals surface area contributed by atoms with Crippen LogP contribution in [-0.4, -0.2) is 50.4 Å². The molecule has 6 nitrogen and oxygen atoms in total. The van der Waals surface area contributed by atoms with Gasteiger partial charge in [-0.15, -0.1) is 0 Å². The van der Waals surface area contributed by atoms with Crippen LogP contribution in [0.5, 0.6) is 0 Å². The summed E-state index contributed by atoms with van der Waals surface area (Å²) in [7, 11) is -1.12. The third-order valence-corrected chi connectivity index (χ3v) is 5.78. The maximum absolute atomic E-state index is 12.0. The van der Waals surface area contributed by atoms with Crippen LogP contribution in [0.1, 0.15) is 12.0 Å². The van der Waals surface area contributed by atoms with Crippen molar-refractivity contribution in [1.82, 2.24) is 10.2 Å². The number of benzene rings is 1. The Balaban J connectivity index is 1.55. The first-order valence-corrected chi connectivity index (χ1v) is 9.38. The predicted molar refractivity (Wildman–Crippen MR) is 87.7 cm³/mol. The van der Waals surface area contributed by atoms with Gasteiger partial charge in [-0.05, 0) is 19.5 Å². The molecule has 2 heterocycles. The van der Waals surface area contributed by atoms with E-state index in [1.54, 1.807) is 6.26 Å². The lowest BCUT2D eigenvalue weighted by Crippen LogP contribution is -2.41. The summed E-state index contributed by atoms with van der Waals surface area (Å²) >= 11 is 0. The van der Waals surface area contributed by atoms with Gasteiger partial charge < -0.3 is 9.73 Å². The number of hydrogen-bond donors (Lipinski definition) is 1. The average Bonchev–Trinajstić information content (AvgIpc) is 3.02. The Labute approximate surface area is 135 Å². The van der Waals surface area contributed by atoms with E-state index in [1.807, 2.05) is 36.2 Å². The second-order valence-corrected chi connectivity index (χ2v) is 8.33. The van der Waals surface area contributed by atoms with Crippen molar-refractivity contribution in [2.45, 2.75) is 19.0 Å². The molecular weight excluding hydrogens is 316 g/mol. The van der Waals surface area contributed by atoms with Gasteiger partial charge in [-0.1, -0.05) is 18.2 Å². The second kappa shape index (κ2) is 6.33. The number of carbonyl (C=O) groups is 1. The standard InChI is InChI=1S/C16H20N2O4S/c1-18(8-12-10-22-15-5-3-2-4-14(12)15)9-16(19)17-13-6-7-23(20,21)11-13/h2-5,10,13H,6-9,11H2,1H3,(H,17,19). The molecule has 7 heteroatoms. The SMILES string of the molecule is CN(CC(=O)NC1CCS(=O)(=O)C1)Cc1coc2ccccc12. The molecule has 1 aromatic carbocycles. The topological polar surface area (TPSA) is 79.6 Å². The van der Waals surface area contributed by atoms with E-state index in [0.717, 1.165) is 16.5 Å². The number of nitrogens with one attached hydrogen (secondary N) is 1. The second-order valence-electron chi connectivity index (χ2n) is 6.10. The fourth-order valence-corrected chi connectivity index (χ4v) is 4.60. The highest BCUT2D eigenvalue weighted by Gasteiger charge is 2.29. The van der Waals surface area contributed by atoms with Crippen LogP contribution in [0, 0.1) is 0 Å². The lowest BCUT2D eigenvalue weighted by Gasteiger charge is -2.17. The first-order chi connectivity index (χ1) is 10.9. The lowest BCUT2D eigenvalue weighted by atomic mass is 10.1. The normalized spacial score (nSPS) is 20.2. The molecule has 0 aliphatic carbocycles. The van der Waals surface area contributed by atoms with Gasteiger partial charge in [0, 0.05) is 23.5 Å². The molecule has 0 bridgehead atoms. The van der Waals surface area contributed by atoms with E-state index in [0.29, 0.717) is 13.0 Å². The lowest BCUT2D eigenvalue weighted by molar-refractivity contribution is -0.122. The van der Waals surface area contributed by atoms with E-state index in [9.17, 15) is 13.2 Å². The zero-order valence-corrected chi connectivity index (χ0v) is 13.8. The number of rotatable bonds is 5. The highest BCUT2D eigenvalue weighted by Crippen LogP contribution is 2.21. The number of hydrogen-bond acceptors (Lipinski definition) is 5. The molecule has 0 radical (unpaired) electrons. The summed E-state index contributed by atoms with van der Waals surface area (Å²) < 4.78 is 28.3. The molecule has 1 amide bonds.